The minimum absolute atomic E-state index is 0.0498. The van der Waals surface area contributed by atoms with Crippen LogP contribution in [-0.4, -0.2) is 47.9 Å². The predicted octanol–water partition coefficient (Wildman–Crippen LogP) is 5.93. The zero-order chi connectivity index (χ0) is 28.4. The number of hydrogen-bond donors (Lipinski definition) is 1. The first-order chi connectivity index (χ1) is 19.1. The van der Waals surface area contributed by atoms with Gasteiger partial charge in [0.15, 0.2) is 11.7 Å². The van der Waals surface area contributed by atoms with Gasteiger partial charge in [0.05, 0.1) is 11.4 Å². The van der Waals surface area contributed by atoms with Crippen LogP contribution in [0.15, 0.2) is 46.9 Å². The monoisotopic (exact) mass is 542 g/mol. The lowest BCUT2D eigenvalue weighted by atomic mass is 9.90. The van der Waals surface area contributed by atoms with E-state index in [0.717, 1.165) is 66.3 Å². The number of likely N-dealkylation sites (tertiary alicyclic amines) is 1. The molecular weight excluding hydrogens is 500 g/mol. The van der Waals surface area contributed by atoms with E-state index in [2.05, 4.69) is 36.0 Å². The number of para-hydroxylation sites is 1. The first-order valence-electron chi connectivity index (χ1n) is 14.6. The summed E-state index contributed by atoms with van der Waals surface area (Å²) >= 11 is 0. The number of nitrogens with zero attached hydrogens (tertiary/aromatic N) is 3. The number of benzene rings is 2. The molecule has 212 valence electrons. The fraction of sp³-hybridized carbons (Fsp3) is 0.485. The van der Waals surface area contributed by atoms with E-state index in [0.29, 0.717) is 36.4 Å². The first kappa shape index (κ1) is 28.1. The SMILES string of the molecule is Cc1nc2c(o1)-c1ccccc1N(C(=O)c1ccc(CNC(=O)C3CCN(CCC(C)(C)C)CC3)c(C)c1)CC2. The van der Waals surface area contributed by atoms with Crippen molar-refractivity contribution in [1.29, 1.82) is 0 Å². The van der Waals surface area contributed by atoms with Crippen molar-refractivity contribution in [2.75, 3.05) is 31.1 Å². The molecule has 0 spiro atoms. The van der Waals surface area contributed by atoms with E-state index in [1.165, 1.54) is 6.42 Å². The van der Waals surface area contributed by atoms with Crippen LogP contribution < -0.4 is 10.2 Å². The number of carbonyl (C=O) groups excluding carboxylic acids is 2. The normalized spacial score (nSPS) is 16.3. The van der Waals surface area contributed by atoms with Crippen molar-refractivity contribution < 1.29 is 14.0 Å². The molecule has 7 heteroatoms. The van der Waals surface area contributed by atoms with E-state index in [9.17, 15) is 9.59 Å². The van der Waals surface area contributed by atoms with E-state index >= 15 is 0 Å². The van der Waals surface area contributed by atoms with E-state index in [-0.39, 0.29) is 17.7 Å². The van der Waals surface area contributed by atoms with Crippen molar-refractivity contribution >= 4 is 17.5 Å². The van der Waals surface area contributed by atoms with Crippen molar-refractivity contribution in [3.8, 4) is 11.3 Å². The maximum absolute atomic E-state index is 13.7. The van der Waals surface area contributed by atoms with Crippen LogP contribution in [0.3, 0.4) is 0 Å². The molecule has 2 aromatic carbocycles. The Kier molecular flexibility index (Phi) is 8.13. The molecule has 5 rings (SSSR count). The Bertz CT molecular complexity index is 1380. The van der Waals surface area contributed by atoms with Crippen LogP contribution in [0.2, 0.25) is 0 Å². The Morgan fingerprint density at radius 3 is 2.52 bits per heavy atom. The average Bonchev–Trinajstić information content (AvgIpc) is 3.24. The molecule has 0 saturated carbocycles. The molecular formula is C33H42N4O3. The Morgan fingerprint density at radius 1 is 1.05 bits per heavy atom. The van der Waals surface area contributed by atoms with Crippen LogP contribution >= 0.6 is 0 Å². The van der Waals surface area contributed by atoms with Crippen LogP contribution in [0.25, 0.3) is 11.3 Å². The number of rotatable bonds is 6. The number of aromatic nitrogens is 1. The van der Waals surface area contributed by atoms with Gasteiger partial charge in [-0.25, -0.2) is 4.98 Å². The molecule has 1 saturated heterocycles. The maximum atomic E-state index is 13.7. The van der Waals surface area contributed by atoms with Gasteiger partial charge < -0.3 is 19.5 Å². The highest BCUT2D eigenvalue weighted by atomic mass is 16.4. The van der Waals surface area contributed by atoms with Crippen molar-refractivity contribution in [3.63, 3.8) is 0 Å². The third-order valence-corrected chi connectivity index (χ3v) is 8.24. The highest BCUT2D eigenvalue weighted by Crippen LogP contribution is 2.37. The summed E-state index contributed by atoms with van der Waals surface area (Å²) in [6.07, 6.45) is 3.63. The maximum Gasteiger partial charge on any atom is 0.258 e. The molecule has 0 atom stereocenters. The smallest absolute Gasteiger partial charge is 0.258 e. The molecule has 1 fully saturated rings. The van der Waals surface area contributed by atoms with Crippen LogP contribution in [-0.2, 0) is 17.8 Å². The number of fused-ring (bicyclic) bond motifs is 3. The lowest BCUT2D eigenvalue weighted by molar-refractivity contribution is -0.126. The third-order valence-electron chi connectivity index (χ3n) is 8.24. The zero-order valence-electron chi connectivity index (χ0n) is 24.5. The minimum Gasteiger partial charge on any atom is -0.441 e. The summed E-state index contributed by atoms with van der Waals surface area (Å²) in [7, 11) is 0. The van der Waals surface area contributed by atoms with Gasteiger partial charge in [0, 0.05) is 43.5 Å². The molecule has 3 heterocycles. The van der Waals surface area contributed by atoms with Gasteiger partial charge in [-0.1, -0.05) is 39.0 Å². The minimum atomic E-state index is -0.0498. The second-order valence-electron chi connectivity index (χ2n) is 12.5. The summed E-state index contributed by atoms with van der Waals surface area (Å²) in [5.41, 5.74) is 5.61. The van der Waals surface area contributed by atoms with Crippen molar-refractivity contribution in [3.05, 3.63) is 70.7 Å². The van der Waals surface area contributed by atoms with Gasteiger partial charge in [-0.2, -0.15) is 0 Å². The van der Waals surface area contributed by atoms with E-state index < -0.39 is 0 Å². The number of carbonyl (C=O) groups is 2. The summed E-state index contributed by atoms with van der Waals surface area (Å²) < 4.78 is 5.91. The number of amides is 2. The molecule has 0 radical (unpaired) electrons. The van der Waals surface area contributed by atoms with Gasteiger partial charge in [0.2, 0.25) is 5.91 Å². The number of aryl methyl sites for hydroxylation is 2. The van der Waals surface area contributed by atoms with Gasteiger partial charge in [-0.05, 0) is 86.6 Å². The predicted molar refractivity (Wildman–Crippen MR) is 158 cm³/mol. The zero-order valence-corrected chi connectivity index (χ0v) is 24.5. The Hall–Kier alpha value is -3.45. The second-order valence-corrected chi connectivity index (χ2v) is 12.5. The molecule has 0 aliphatic carbocycles. The lowest BCUT2D eigenvalue weighted by Crippen LogP contribution is -2.41. The van der Waals surface area contributed by atoms with Gasteiger partial charge in [0.25, 0.3) is 5.91 Å². The summed E-state index contributed by atoms with van der Waals surface area (Å²) in [6.45, 7) is 14.8. The van der Waals surface area contributed by atoms with E-state index in [4.69, 9.17) is 4.42 Å². The highest BCUT2D eigenvalue weighted by molar-refractivity contribution is 6.08. The number of nitrogens with one attached hydrogen (secondary N) is 1. The number of piperidine rings is 1. The largest absolute Gasteiger partial charge is 0.441 e. The van der Waals surface area contributed by atoms with E-state index in [1.54, 1.807) is 0 Å². The number of anilines is 1. The molecule has 3 aromatic rings. The van der Waals surface area contributed by atoms with E-state index in [1.807, 2.05) is 61.2 Å². The first-order valence-corrected chi connectivity index (χ1v) is 14.6. The summed E-state index contributed by atoms with van der Waals surface area (Å²) in [5.74, 6) is 1.55. The van der Waals surface area contributed by atoms with Crippen LogP contribution in [0.4, 0.5) is 5.69 Å². The van der Waals surface area contributed by atoms with Gasteiger partial charge in [-0.15, -0.1) is 0 Å². The Morgan fingerprint density at radius 2 is 1.80 bits per heavy atom. The quantitative estimate of drug-likeness (QED) is 0.418. The molecule has 2 aliphatic heterocycles. The fourth-order valence-corrected chi connectivity index (χ4v) is 5.72. The summed E-state index contributed by atoms with van der Waals surface area (Å²) in [5, 5.41) is 3.16. The van der Waals surface area contributed by atoms with Crippen molar-refractivity contribution in [2.24, 2.45) is 11.3 Å². The molecule has 1 aromatic heterocycles. The molecule has 1 N–H and O–H groups in total. The summed E-state index contributed by atoms with van der Waals surface area (Å²) in [4.78, 5) is 35.5. The van der Waals surface area contributed by atoms with Gasteiger partial charge in [-0.3, -0.25) is 9.59 Å². The molecule has 2 aliphatic rings. The molecule has 40 heavy (non-hydrogen) atoms. The fourth-order valence-electron chi connectivity index (χ4n) is 5.72. The van der Waals surface area contributed by atoms with Crippen molar-refractivity contribution in [1.82, 2.24) is 15.2 Å². The lowest BCUT2D eigenvalue weighted by Gasteiger charge is -2.33. The van der Waals surface area contributed by atoms with Gasteiger partial charge >= 0.3 is 0 Å². The van der Waals surface area contributed by atoms with Crippen LogP contribution in [0.1, 0.15) is 73.1 Å². The molecule has 7 nitrogen and oxygen atoms in total. The molecule has 0 unspecified atom stereocenters. The average molecular weight is 543 g/mol. The Balaban J connectivity index is 1.20. The molecule has 2 amide bonds. The molecule has 0 bridgehead atoms. The second kappa shape index (κ2) is 11.6. The number of oxazole rings is 1. The topological polar surface area (TPSA) is 78.7 Å². The highest BCUT2D eigenvalue weighted by Gasteiger charge is 2.29. The van der Waals surface area contributed by atoms with Crippen LogP contribution in [0.5, 0.6) is 0 Å². The Labute approximate surface area is 238 Å². The number of hydrogen-bond acceptors (Lipinski definition) is 5. The van der Waals surface area contributed by atoms with Crippen molar-refractivity contribution in [2.45, 2.75) is 66.8 Å². The summed E-state index contributed by atoms with van der Waals surface area (Å²) in [6, 6.07) is 13.6. The van der Waals surface area contributed by atoms with Gasteiger partial charge in [0.1, 0.15) is 0 Å². The third kappa shape index (κ3) is 6.30. The standard InChI is InChI=1S/C33H42N4O3/c1-22-20-25(32(39)37-18-14-28-30(40-23(2)35-28)27-8-6-7-9-29(27)37)10-11-26(22)21-34-31(38)24-12-16-36(17-13-24)19-15-33(3,4)5/h6-11,20,24H,12-19,21H2,1-5H3,(H,34,38). The van der Waals surface area contributed by atoms with Crippen LogP contribution in [0, 0.1) is 25.2 Å².